The Balaban J connectivity index is 1.64. The van der Waals surface area contributed by atoms with Crippen LogP contribution in [-0.2, 0) is 13.0 Å². The van der Waals surface area contributed by atoms with Gasteiger partial charge in [-0.1, -0.05) is 30.3 Å². The maximum atomic E-state index is 12.3. The highest BCUT2D eigenvalue weighted by molar-refractivity contribution is 5.94. The Morgan fingerprint density at radius 2 is 2.04 bits per heavy atom. The van der Waals surface area contributed by atoms with Crippen LogP contribution in [0.2, 0.25) is 0 Å². The van der Waals surface area contributed by atoms with Gasteiger partial charge in [-0.15, -0.1) is 0 Å². The number of ether oxygens (including phenoxy) is 1. The van der Waals surface area contributed by atoms with E-state index in [0.29, 0.717) is 12.6 Å². The van der Waals surface area contributed by atoms with E-state index in [0.717, 1.165) is 35.2 Å². The zero-order valence-electron chi connectivity index (χ0n) is 16.5. The van der Waals surface area contributed by atoms with Gasteiger partial charge in [-0.2, -0.15) is 0 Å². The van der Waals surface area contributed by atoms with Crippen molar-refractivity contribution in [2.75, 3.05) is 20.6 Å². The number of carbonyl (C=O) groups is 1. The number of benzene rings is 2. The zero-order valence-corrected chi connectivity index (χ0v) is 16.5. The number of hydrogen-bond donors (Lipinski definition) is 1. The smallest absolute Gasteiger partial charge is 0.325 e. The standard InChI is InChI=1S/C23H27N3O2/c1-24-23(27)26-15-18(13-19-9-6-12-25(19)2)21-14-20(10-11-22(21)26)28-16-17-7-4-3-5-8-17/h3-5,7-8,10-11,14-15,19H,6,9,12-13,16H2,1-2H3,(H,24,27)/t19-/m1/s1. The van der Waals surface area contributed by atoms with Gasteiger partial charge < -0.3 is 15.0 Å². The number of nitrogens with zero attached hydrogens (tertiary/aromatic N) is 2. The lowest BCUT2D eigenvalue weighted by molar-refractivity contribution is 0.245. The molecule has 1 atom stereocenters. The molecule has 28 heavy (non-hydrogen) atoms. The van der Waals surface area contributed by atoms with Crippen molar-refractivity contribution in [3.05, 3.63) is 65.9 Å². The maximum absolute atomic E-state index is 12.3. The van der Waals surface area contributed by atoms with E-state index in [-0.39, 0.29) is 6.03 Å². The lowest BCUT2D eigenvalue weighted by atomic mass is 10.0. The number of amides is 1. The minimum absolute atomic E-state index is 0.117. The Morgan fingerprint density at radius 3 is 2.75 bits per heavy atom. The quantitative estimate of drug-likeness (QED) is 0.730. The molecule has 1 fully saturated rings. The molecule has 3 aromatic rings. The molecule has 0 spiro atoms. The number of likely N-dealkylation sites (tertiary alicyclic amines) is 1. The summed E-state index contributed by atoms with van der Waals surface area (Å²) in [5.74, 6) is 0.826. The fourth-order valence-corrected chi connectivity index (χ4v) is 4.05. The van der Waals surface area contributed by atoms with Crippen LogP contribution in [-0.4, -0.2) is 42.2 Å². The van der Waals surface area contributed by atoms with Crippen molar-refractivity contribution in [2.24, 2.45) is 0 Å². The topological polar surface area (TPSA) is 46.5 Å². The van der Waals surface area contributed by atoms with Gasteiger partial charge in [-0.3, -0.25) is 4.57 Å². The molecule has 4 rings (SSSR count). The zero-order chi connectivity index (χ0) is 19.5. The average molecular weight is 377 g/mol. The fraction of sp³-hybridized carbons (Fsp3) is 0.348. The van der Waals surface area contributed by atoms with Gasteiger partial charge in [0.1, 0.15) is 12.4 Å². The molecule has 5 heteroatoms. The molecule has 0 radical (unpaired) electrons. The molecule has 0 saturated carbocycles. The van der Waals surface area contributed by atoms with Gasteiger partial charge in [0.15, 0.2) is 0 Å². The van der Waals surface area contributed by atoms with Crippen LogP contribution in [0.25, 0.3) is 10.9 Å². The Morgan fingerprint density at radius 1 is 1.21 bits per heavy atom. The Bertz CT molecular complexity index is 965. The van der Waals surface area contributed by atoms with Crippen molar-refractivity contribution in [2.45, 2.75) is 31.9 Å². The SMILES string of the molecule is CNC(=O)n1cc(C[C@H]2CCCN2C)c2cc(OCc3ccccc3)ccc21. The molecule has 2 aromatic carbocycles. The summed E-state index contributed by atoms with van der Waals surface area (Å²) in [5, 5.41) is 3.82. The summed E-state index contributed by atoms with van der Waals surface area (Å²) < 4.78 is 7.73. The number of nitrogens with one attached hydrogen (secondary N) is 1. The molecular formula is C23H27N3O2. The van der Waals surface area contributed by atoms with E-state index in [1.54, 1.807) is 11.6 Å². The van der Waals surface area contributed by atoms with Crippen LogP contribution in [0.15, 0.2) is 54.7 Å². The summed E-state index contributed by atoms with van der Waals surface area (Å²) in [4.78, 5) is 14.8. The van der Waals surface area contributed by atoms with Crippen molar-refractivity contribution < 1.29 is 9.53 Å². The van der Waals surface area contributed by atoms with Crippen LogP contribution in [0, 0.1) is 0 Å². The molecule has 0 bridgehead atoms. The van der Waals surface area contributed by atoms with Crippen molar-refractivity contribution in [3.63, 3.8) is 0 Å². The highest BCUT2D eigenvalue weighted by Crippen LogP contribution is 2.30. The normalized spacial score (nSPS) is 17.1. The Kier molecular flexibility index (Phi) is 5.35. The van der Waals surface area contributed by atoms with Crippen LogP contribution < -0.4 is 10.1 Å². The third kappa shape index (κ3) is 3.76. The van der Waals surface area contributed by atoms with Crippen LogP contribution in [0.3, 0.4) is 0 Å². The van der Waals surface area contributed by atoms with E-state index in [4.69, 9.17) is 4.74 Å². The van der Waals surface area contributed by atoms with Crippen LogP contribution >= 0.6 is 0 Å². The van der Waals surface area contributed by atoms with Gasteiger partial charge in [-0.25, -0.2) is 4.79 Å². The number of fused-ring (bicyclic) bond motifs is 1. The third-order valence-corrected chi connectivity index (χ3v) is 5.67. The predicted molar refractivity (Wildman–Crippen MR) is 112 cm³/mol. The van der Waals surface area contributed by atoms with Crippen LogP contribution in [0.1, 0.15) is 24.0 Å². The van der Waals surface area contributed by atoms with Gasteiger partial charge >= 0.3 is 6.03 Å². The minimum Gasteiger partial charge on any atom is -0.489 e. The Labute approximate surface area is 165 Å². The van der Waals surface area contributed by atoms with Crippen molar-refractivity contribution in [1.82, 2.24) is 14.8 Å². The summed E-state index contributed by atoms with van der Waals surface area (Å²) >= 11 is 0. The van der Waals surface area contributed by atoms with E-state index in [2.05, 4.69) is 35.5 Å². The second kappa shape index (κ2) is 8.07. The van der Waals surface area contributed by atoms with Gasteiger partial charge in [0.2, 0.25) is 0 Å². The molecule has 1 saturated heterocycles. The first-order valence-corrected chi connectivity index (χ1v) is 9.88. The first-order chi connectivity index (χ1) is 13.7. The predicted octanol–water partition coefficient (Wildman–Crippen LogP) is 4.04. The highest BCUT2D eigenvalue weighted by atomic mass is 16.5. The molecule has 1 aromatic heterocycles. The molecule has 1 amide bonds. The lowest BCUT2D eigenvalue weighted by Crippen LogP contribution is -2.27. The number of carbonyl (C=O) groups excluding carboxylic acids is 1. The molecule has 1 aliphatic rings. The molecule has 1 N–H and O–H groups in total. The van der Waals surface area contributed by atoms with Crippen LogP contribution in [0.5, 0.6) is 5.75 Å². The second-order valence-corrected chi connectivity index (χ2v) is 7.51. The average Bonchev–Trinajstić information content (AvgIpc) is 3.30. The van der Waals surface area contributed by atoms with Crippen LogP contribution in [0.4, 0.5) is 4.79 Å². The van der Waals surface area contributed by atoms with E-state index in [1.165, 1.54) is 18.4 Å². The molecule has 1 aliphatic heterocycles. The summed E-state index contributed by atoms with van der Waals surface area (Å²) in [5.41, 5.74) is 3.25. The molecule has 146 valence electrons. The maximum Gasteiger partial charge on any atom is 0.325 e. The summed E-state index contributed by atoms with van der Waals surface area (Å²) in [7, 11) is 3.85. The van der Waals surface area contributed by atoms with Crippen molar-refractivity contribution in [1.29, 1.82) is 0 Å². The van der Waals surface area contributed by atoms with Gasteiger partial charge in [0.05, 0.1) is 5.52 Å². The van der Waals surface area contributed by atoms with E-state index >= 15 is 0 Å². The first kappa shape index (κ1) is 18.6. The van der Waals surface area contributed by atoms with E-state index < -0.39 is 0 Å². The molecular weight excluding hydrogens is 350 g/mol. The molecule has 0 unspecified atom stereocenters. The van der Waals surface area contributed by atoms with Crippen molar-refractivity contribution in [3.8, 4) is 5.75 Å². The molecule has 2 heterocycles. The van der Waals surface area contributed by atoms with E-state index in [1.807, 2.05) is 36.5 Å². The van der Waals surface area contributed by atoms with E-state index in [9.17, 15) is 4.79 Å². The number of hydrogen-bond acceptors (Lipinski definition) is 3. The highest BCUT2D eigenvalue weighted by Gasteiger charge is 2.23. The largest absolute Gasteiger partial charge is 0.489 e. The molecule has 0 aliphatic carbocycles. The summed E-state index contributed by atoms with van der Waals surface area (Å²) in [6.45, 7) is 1.67. The van der Waals surface area contributed by atoms with Gasteiger partial charge in [0, 0.05) is 24.7 Å². The Hall–Kier alpha value is -2.79. The summed E-state index contributed by atoms with van der Waals surface area (Å²) in [6.07, 6.45) is 5.36. The lowest BCUT2D eigenvalue weighted by Gasteiger charge is -2.18. The molecule has 5 nitrogen and oxygen atoms in total. The van der Waals surface area contributed by atoms with Crippen molar-refractivity contribution >= 4 is 16.9 Å². The number of likely N-dealkylation sites (N-methyl/N-ethyl adjacent to an activating group) is 1. The van der Waals surface area contributed by atoms with Gasteiger partial charge in [-0.05, 0) is 62.2 Å². The number of rotatable bonds is 5. The van der Waals surface area contributed by atoms with Gasteiger partial charge in [0.25, 0.3) is 0 Å². The first-order valence-electron chi connectivity index (χ1n) is 9.88. The third-order valence-electron chi connectivity index (χ3n) is 5.67. The minimum atomic E-state index is -0.117. The summed E-state index contributed by atoms with van der Waals surface area (Å²) in [6, 6.07) is 16.5. The fourth-order valence-electron chi connectivity index (χ4n) is 4.05. The second-order valence-electron chi connectivity index (χ2n) is 7.51. The number of aromatic nitrogens is 1. The monoisotopic (exact) mass is 377 g/mol.